The number of nitrogens with zero attached hydrogens (tertiary/aromatic N) is 4. The number of ether oxygens (including phenoxy) is 1. The van der Waals surface area contributed by atoms with Crippen molar-refractivity contribution in [2.75, 3.05) is 41.8 Å². The summed E-state index contributed by atoms with van der Waals surface area (Å²) in [4.78, 5) is 15.5. The molecule has 0 unspecified atom stereocenters. The number of anilines is 5. The Morgan fingerprint density at radius 1 is 0.963 bits per heavy atom. The molecule has 0 radical (unpaired) electrons. The zero-order valence-electron chi connectivity index (χ0n) is 15.2. The van der Waals surface area contributed by atoms with E-state index in [1.165, 1.54) is 5.69 Å². The van der Waals surface area contributed by atoms with Crippen LogP contribution in [0.3, 0.4) is 0 Å². The first-order chi connectivity index (χ1) is 13.3. The molecule has 27 heavy (non-hydrogen) atoms. The van der Waals surface area contributed by atoms with Crippen molar-refractivity contribution < 1.29 is 4.74 Å². The lowest BCUT2D eigenvalue weighted by Crippen LogP contribution is -2.36. The van der Waals surface area contributed by atoms with E-state index in [1.54, 1.807) is 12.4 Å². The SMILES string of the molecule is Cc1cnc(Nc2ccccn2)nc1Nc1ccc(N2CCOCC2)cc1. The average Bonchev–Trinajstić information content (AvgIpc) is 2.72. The highest BCUT2D eigenvalue weighted by Crippen LogP contribution is 2.23. The van der Waals surface area contributed by atoms with E-state index < -0.39 is 0 Å². The minimum absolute atomic E-state index is 0.506. The molecule has 0 amide bonds. The molecule has 138 valence electrons. The third kappa shape index (κ3) is 4.32. The van der Waals surface area contributed by atoms with Gasteiger partial charge in [-0.05, 0) is 43.3 Å². The molecule has 3 heterocycles. The van der Waals surface area contributed by atoms with E-state index in [0.717, 1.165) is 43.4 Å². The number of aromatic nitrogens is 3. The smallest absolute Gasteiger partial charge is 0.230 e. The Morgan fingerprint density at radius 3 is 2.52 bits per heavy atom. The van der Waals surface area contributed by atoms with Crippen LogP contribution >= 0.6 is 0 Å². The molecule has 7 nitrogen and oxygen atoms in total. The standard InChI is InChI=1S/C20H22N6O/c1-15-14-22-20(24-18-4-2-3-9-21-18)25-19(15)23-16-5-7-17(8-6-16)26-10-12-27-13-11-26/h2-9,14H,10-13H2,1H3,(H2,21,22,23,24,25). The summed E-state index contributed by atoms with van der Waals surface area (Å²) in [6, 6.07) is 14.0. The molecular weight excluding hydrogens is 340 g/mol. The number of nitrogens with one attached hydrogen (secondary N) is 2. The molecule has 1 aromatic carbocycles. The lowest BCUT2D eigenvalue weighted by Gasteiger charge is -2.28. The van der Waals surface area contributed by atoms with Crippen molar-refractivity contribution in [3.63, 3.8) is 0 Å². The van der Waals surface area contributed by atoms with Crippen LogP contribution in [0, 0.1) is 6.92 Å². The fraction of sp³-hybridized carbons (Fsp3) is 0.250. The summed E-state index contributed by atoms with van der Waals surface area (Å²) in [5.74, 6) is 1.98. The van der Waals surface area contributed by atoms with Gasteiger partial charge in [0, 0.05) is 42.4 Å². The molecule has 1 aliphatic rings. The quantitative estimate of drug-likeness (QED) is 0.719. The largest absolute Gasteiger partial charge is 0.378 e. The summed E-state index contributed by atoms with van der Waals surface area (Å²) in [5, 5.41) is 6.49. The molecular formula is C20H22N6O. The molecule has 1 saturated heterocycles. The highest BCUT2D eigenvalue weighted by Gasteiger charge is 2.11. The number of morpholine rings is 1. The van der Waals surface area contributed by atoms with Crippen molar-refractivity contribution in [2.24, 2.45) is 0 Å². The van der Waals surface area contributed by atoms with Gasteiger partial charge >= 0.3 is 0 Å². The summed E-state index contributed by atoms with van der Waals surface area (Å²) in [5.41, 5.74) is 3.16. The van der Waals surface area contributed by atoms with E-state index in [4.69, 9.17) is 4.74 Å². The normalized spacial score (nSPS) is 14.0. The van der Waals surface area contributed by atoms with Crippen LogP contribution in [0.25, 0.3) is 0 Å². The molecule has 2 N–H and O–H groups in total. The summed E-state index contributed by atoms with van der Waals surface area (Å²) < 4.78 is 5.41. The van der Waals surface area contributed by atoms with Gasteiger partial charge in [-0.2, -0.15) is 4.98 Å². The topological polar surface area (TPSA) is 75.2 Å². The van der Waals surface area contributed by atoms with E-state index in [9.17, 15) is 0 Å². The van der Waals surface area contributed by atoms with Crippen molar-refractivity contribution in [3.8, 4) is 0 Å². The first-order valence-electron chi connectivity index (χ1n) is 8.99. The number of benzene rings is 1. The third-order valence-corrected chi connectivity index (χ3v) is 4.38. The van der Waals surface area contributed by atoms with Crippen LogP contribution in [0.1, 0.15) is 5.56 Å². The van der Waals surface area contributed by atoms with Gasteiger partial charge in [0.1, 0.15) is 11.6 Å². The molecule has 1 aliphatic heterocycles. The maximum atomic E-state index is 5.41. The Labute approximate surface area is 158 Å². The minimum Gasteiger partial charge on any atom is -0.378 e. The molecule has 3 aromatic rings. The summed E-state index contributed by atoms with van der Waals surface area (Å²) in [7, 11) is 0. The van der Waals surface area contributed by atoms with Gasteiger partial charge in [0.2, 0.25) is 5.95 Å². The first-order valence-corrected chi connectivity index (χ1v) is 8.99. The van der Waals surface area contributed by atoms with Crippen molar-refractivity contribution in [1.82, 2.24) is 15.0 Å². The molecule has 7 heteroatoms. The van der Waals surface area contributed by atoms with Gasteiger partial charge in [-0.3, -0.25) is 0 Å². The lowest BCUT2D eigenvalue weighted by molar-refractivity contribution is 0.122. The van der Waals surface area contributed by atoms with Crippen LogP contribution in [0.5, 0.6) is 0 Å². The Balaban J connectivity index is 1.47. The summed E-state index contributed by atoms with van der Waals surface area (Å²) in [6.07, 6.45) is 3.52. The van der Waals surface area contributed by atoms with Crippen LogP contribution in [0.15, 0.2) is 54.9 Å². The second kappa shape index (κ2) is 8.01. The second-order valence-electron chi connectivity index (χ2n) is 6.34. The molecule has 0 aliphatic carbocycles. The van der Waals surface area contributed by atoms with E-state index in [2.05, 4.69) is 54.8 Å². The highest BCUT2D eigenvalue weighted by molar-refractivity contribution is 5.64. The Morgan fingerprint density at radius 2 is 1.78 bits per heavy atom. The Hall–Kier alpha value is -3.19. The first kappa shape index (κ1) is 17.2. The maximum Gasteiger partial charge on any atom is 0.230 e. The molecule has 4 rings (SSSR count). The predicted molar refractivity (Wildman–Crippen MR) is 107 cm³/mol. The number of pyridine rings is 1. The van der Waals surface area contributed by atoms with Crippen molar-refractivity contribution >= 4 is 29.0 Å². The zero-order chi connectivity index (χ0) is 18.5. The minimum atomic E-state index is 0.506. The molecule has 0 saturated carbocycles. The summed E-state index contributed by atoms with van der Waals surface area (Å²) in [6.45, 7) is 5.41. The molecule has 0 bridgehead atoms. The fourth-order valence-electron chi connectivity index (χ4n) is 2.89. The highest BCUT2D eigenvalue weighted by atomic mass is 16.5. The lowest BCUT2D eigenvalue weighted by atomic mass is 10.2. The van der Waals surface area contributed by atoms with Gasteiger partial charge in [0.25, 0.3) is 0 Å². The number of hydrogen-bond donors (Lipinski definition) is 2. The van der Waals surface area contributed by atoms with Gasteiger partial charge in [0.15, 0.2) is 0 Å². The Bertz CT molecular complexity index is 879. The zero-order valence-corrected chi connectivity index (χ0v) is 15.2. The van der Waals surface area contributed by atoms with E-state index in [0.29, 0.717) is 11.8 Å². The van der Waals surface area contributed by atoms with Gasteiger partial charge < -0.3 is 20.3 Å². The van der Waals surface area contributed by atoms with Gasteiger partial charge in [0.05, 0.1) is 13.2 Å². The molecule has 0 atom stereocenters. The number of rotatable bonds is 5. The second-order valence-corrected chi connectivity index (χ2v) is 6.34. The number of aryl methyl sites for hydroxylation is 1. The van der Waals surface area contributed by atoms with E-state index >= 15 is 0 Å². The van der Waals surface area contributed by atoms with Gasteiger partial charge in [-0.25, -0.2) is 9.97 Å². The van der Waals surface area contributed by atoms with Crippen LogP contribution in [-0.4, -0.2) is 41.3 Å². The van der Waals surface area contributed by atoms with Gasteiger partial charge in [-0.1, -0.05) is 6.07 Å². The number of hydrogen-bond acceptors (Lipinski definition) is 7. The van der Waals surface area contributed by atoms with Crippen LogP contribution in [0.2, 0.25) is 0 Å². The predicted octanol–water partition coefficient (Wildman–Crippen LogP) is 3.50. The van der Waals surface area contributed by atoms with Crippen molar-refractivity contribution in [2.45, 2.75) is 6.92 Å². The van der Waals surface area contributed by atoms with Crippen LogP contribution < -0.4 is 15.5 Å². The molecule has 2 aromatic heterocycles. The fourth-order valence-corrected chi connectivity index (χ4v) is 2.89. The average molecular weight is 362 g/mol. The van der Waals surface area contributed by atoms with Crippen LogP contribution in [-0.2, 0) is 4.74 Å². The molecule has 1 fully saturated rings. The third-order valence-electron chi connectivity index (χ3n) is 4.38. The summed E-state index contributed by atoms with van der Waals surface area (Å²) >= 11 is 0. The van der Waals surface area contributed by atoms with Crippen molar-refractivity contribution in [3.05, 3.63) is 60.4 Å². The van der Waals surface area contributed by atoms with Crippen molar-refractivity contribution in [1.29, 1.82) is 0 Å². The van der Waals surface area contributed by atoms with E-state index in [1.807, 2.05) is 25.1 Å². The monoisotopic (exact) mass is 362 g/mol. The molecule has 0 spiro atoms. The van der Waals surface area contributed by atoms with Gasteiger partial charge in [-0.15, -0.1) is 0 Å². The van der Waals surface area contributed by atoms with E-state index in [-0.39, 0.29) is 0 Å². The Kier molecular flexibility index (Phi) is 5.11. The maximum absolute atomic E-state index is 5.41. The van der Waals surface area contributed by atoms with Crippen LogP contribution in [0.4, 0.5) is 29.0 Å².